The van der Waals surface area contributed by atoms with E-state index in [0.29, 0.717) is 24.5 Å². The summed E-state index contributed by atoms with van der Waals surface area (Å²) >= 11 is 0. The predicted octanol–water partition coefficient (Wildman–Crippen LogP) is 6.50. The van der Waals surface area contributed by atoms with Crippen LogP contribution in [0.2, 0.25) is 0 Å². The van der Waals surface area contributed by atoms with E-state index in [2.05, 4.69) is 39.6 Å². The average molecular weight is 593 g/mol. The van der Waals surface area contributed by atoms with Gasteiger partial charge in [-0.25, -0.2) is 0 Å². The number of carbonyl (C=O) groups excluding carboxylic acids is 2. The lowest BCUT2D eigenvalue weighted by Crippen LogP contribution is -2.38. The van der Waals surface area contributed by atoms with Crippen LogP contribution in [0.3, 0.4) is 0 Å². The molecule has 2 amide bonds. The maximum atomic E-state index is 13.1. The molecule has 220 valence electrons. The lowest BCUT2D eigenvalue weighted by atomic mass is 10.0. The third-order valence-electron chi connectivity index (χ3n) is 8.71. The van der Waals surface area contributed by atoms with Crippen LogP contribution in [0.25, 0.3) is 44.3 Å². The van der Waals surface area contributed by atoms with Crippen LogP contribution < -0.4 is 14.5 Å². The van der Waals surface area contributed by atoms with E-state index in [1.54, 1.807) is 9.80 Å². The maximum absolute atomic E-state index is 13.1. The number of para-hydroxylation sites is 1. The molecule has 0 saturated carbocycles. The number of rotatable bonds is 5. The summed E-state index contributed by atoms with van der Waals surface area (Å²) in [6.45, 7) is 8.35. The van der Waals surface area contributed by atoms with Crippen LogP contribution in [0.15, 0.2) is 104 Å². The minimum absolute atomic E-state index is 0.105. The van der Waals surface area contributed by atoms with Gasteiger partial charge in [0.05, 0.1) is 34.7 Å². The summed E-state index contributed by atoms with van der Waals surface area (Å²) in [5.74, 6) is 0.289. The van der Waals surface area contributed by atoms with Gasteiger partial charge in [0, 0.05) is 34.1 Å². The minimum atomic E-state index is -0.409. The van der Waals surface area contributed by atoms with Gasteiger partial charge >= 0.3 is 0 Å². The molecule has 2 N–H and O–H groups in total. The Labute approximate surface area is 258 Å². The van der Waals surface area contributed by atoms with E-state index in [4.69, 9.17) is 4.74 Å². The van der Waals surface area contributed by atoms with Gasteiger partial charge in [0.1, 0.15) is 11.9 Å². The number of hydrogen-bond acceptors (Lipinski definition) is 5. The number of nitrogens with one attached hydrogen (secondary N) is 2. The number of benzene rings is 4. The molecule has 2 aliphatic heterocycles. The van der Waals surface area contributed by atoms with Gasteiger partial charge in [-0.3, -0.25) is 19.8 Å². The number of nitrogens with zero attached hydrogens (tertiary/aromatic N) is 4. The molecular weight excluding hydrogens is 564 g/mol. The molecule has 2 aromatic heterocycles. The molecular formula is C36H28N6O3. The first-order valence-corrected chi connectivity index (χ1v) is 14.8. The molecule has 8 rings (SSSR count). The fourth-order valence-electron chi connectivity index (χ4n) is 6.43. The largest absolute Gasteiger partial charge is 0.482 e. The molecule has 9 heteroatoms. The first kappa shape index (κ1) is 26.7. The Morgan fingerprint density at radius 1 is 0.778 bits per heavy atom. The summed E-state index contributed by atoms with van der Waals surface area (Å²) in [5.41, 5.74) is 8.81. The van der Waals surface area contributed by atoms with Crippen molar-refractivity contribution in [2.45, 2.75) is 12.5 Å². The highest BCUT2D eigenvalue weighted by atomic mass is 16.5. The third kappa shape index (κ3) is 4.31. The molecule has 4 aromatic carbocycles. The van der Waals surface area contributed by atoms with Crippen molar-refractivity contribution in [2.24, 2.45) is 0 Å². The molecule has 1 atom stereocenters. The summed E-state index contributed by atoms with van der Waals surface area (Å²) in [7, 11) is 0. The van der Waals surface area contributed by atoms with Crippen LogP contribution in [-0.2, 0) is 16.0 Å². The number of amides is 2. The van der Waals surface area contributed by atoms with Crippen LogP contribution >= 0.6 is 0 Å². The molecule has 0 saturated heterocycles. The number of hydrogen-bond donors (Lipinski definition) is 2. The van der Waals surface area contributed by atoms with E-state index in [1.807, 2.05) is 72.8 Å². The van der Waals surface area contributed by atoms with Gasteiger partial charge in [0.25, 0.3) is 5.91 Å². The Morgan fingerprint density at radius 3 is 2.27 bits per heavy atom. The van der Waals surface area contributed by atoms with Crippen molar-refractivity contribution in [2.75, 3.05) is 22.9 Å². The van der Waals surface area contributed by atoms with Gasteiger partial charge in [-0.15, -0.1) is 0 Å². The normalized spacial score (nSPS) is 15.5. The second-order valence-corrected chi connectivity index (χ2v) is 11.2. The van der Waals surface area contributed by atoms with Gasteiger partial charge in [0.2, 0.25) is 5.91 Å². The summed E-state index contributed by atoms with van der Waals surface area (Å²) < 4.78 is 6.50. The quantitative estimate of drug-likeness (QED) is 0.222. The lowest BCUT2D eigenvalue weighted by Gasteiger charge is -2.35. The van der Waals surface area contributed by atoms with Crippen LogP contribution in [0.5, 0.6) is 5.75 Å². The Morgan fingerprint density at radius 2 is 1.47 bits per heavy atom. The zero-order valence-electron chi connectivity index (χ0n) is 24.3. The number of carbonyl (C=O) groups is 2. The number of H-pyrrole nitrogens is 2. The van der Waals surface area contributed by atoms with Crippen LogP contribution in [-0.4, -0.2) is 45.3 Å². The monoisotopic (exact) mass is 592 g/mol. The summed E-state index contributed by atoms with van der Waals surface area (Å²) in [5, 5.41) is 17.4. The summed E-state index contributed by atoms with van der Waals surface area (Å²) in [6.07, 6.45) is 3.08. The van der Waals surface area contributed by atoms with Crippen molar-refractivity contribution in [1.29, 1.82) is 0 Å². The topological polar surface area (TPSA) is 107 Å². The van der Waals surface area contributed by atoms with Gasteiger partial charge in [-0.2, -0.15) is 10.2 Å². The van der Waals surface area contributed by atoms with Crippen LogP contribution in [0, 0.1) is 0 Å². The molecule has 1 unspecified atom stereocenters. The molecule has 0 bridgehead atoms. The molecule has 2 aliphatic rings. The number of aromatic nitrogens is 4. The van der Waals surface area contributed by atoms with Gasteiger partial charge < -0.3 is 14.5 Å². The van der Waals surface area contributed by atoms with E-state index >= 15 is 0 Å². The predicted molar refractivity (Wildman–Crippen MR) is 175 cm³/mol. The first-order chi connectivity index (χ1) is 22.0. The number of aromatic amines is 2. The van der Waals surface area contributed by atoms with Crippen molar-refractivity contribution in [1.82, 2.24) is 20.4 Å². The van der Waals surface area contributed by atoms with E-state index in [1.165, 1.54) is 12.2 Å². The zero-order valence-corrected chi connectivity index (χ0v) is 24.3. The Balaban J connectivity index is 1.12. The molecule has 0 radical (unpaired) electrons. The van der Waals surface area contributed by atoms with Crippen molar-refractivity contribution in [3.63, 3.8) is 0 Å². The van der Waals surface area contributed by atoms with Gasteiger partial charge in [0.15, 0.2) is 0 Å². The SMILES string of the molecule is C=CC(=O)N1CCc2ccc(-c3n[nH]c4cc(C5CN(C(=O)C=C)c6cc(-c7n[nH]c8ccccc78)ccc6O5)ccc34)cc21. The highest BCUT2D eigenvalue weighted by Gasteiger charge is 2.31. The fourth-order valence-corrected chi connectivity index (χ4v) is 6.43. The second kappa shape index (κ2) is 10.3. The third-order valence-corrected chi connectivity index (χ3v) is 8.71. The Kier molecular flexibility index (Phi) is 6.12. The highest BCUT2D eigenvalue weighted by molar-refractivity contribution is 6.05. The van der Waals surface area contributed by atoms with Gasteiger partial charge in [-0.05, 0) is 66.1 Å². The fraction of sp³-hybridized carbons (Fsp3) is 0.111. The number of fused-ring (bicyclic) bond motifs is 4. The van der Waals surface area contributed by atoms with Gasteiger partial charge in [-0.1, -0.05) is 55.6 Å². The number of anilines is 2. The first-order valence-electron chi connectivity index (χ1n) is 14.8. The number of ether oxygens (including phenoxy) is 1. The maximum Gasteiger partial charge on any atom is 0.250 e. The molecule has 9 nitrogen and oxygen atoms in total. The van der Waals surface area contributed by atoms with E-state index in [9.17, 15) is 9.59 Å². The Hall–Kier alpha value is -5.96. The lowest BCUT2D eigenvalue weighted by molar-refractivity contribution is -0.115. The van der Waals surface area contributed by atoms with E-state index < -0.39 is 6.10 Å². The molecule has 0 aliphatic carbocycles. The molecule has 0 fully saturated rings. The van der Waals surface area contributed by atoms with Crippen molar-refractivity contribution in [3.05, 3.63) is 115 Å². The van der Waals surface area contributed by atoms with E-state index in [0.717, 1.165) is 67.6 Å². The smallest absolute Gasteiger partial charge is 0.250 e. The van der Waals surface area contributed by atoms with Crippen LogP contribution in [0.1, 0.15) is 17.2 Å². The Bertz CT molecular complexity index is 2190. The summed E-state index contributed by atoms with van der Waals surface area (Å²) in [4.78, 5) is 29.0. The highest BCUT2D eigenvalue weighted by Crippen LogP contribution is 2.42. The van der Waals surface area contributed by atoms with Crippen LogP contribution in [0.4, 0.5) is 11.4 Å². The average Bonchev–Trinajstić information content (AvgIpc) is 3.83. The van der Waals surface area contributed by atoms with E-state index in [-0.39, 0.29) is 11.8 Å². The molecule has 4 heterocycles. The molecule has 0 spiro atoms. The van der Waals surface area contributed by atoms with Crippen molar-refractivity contribution in [3.8, 4) is 28.3 Å². The summed E-state index contributed by atoms with van der Waals surface area (Å²) in [6, 6.07) is 25.9. The van der Waals surface area contributed by atoms with Crippen molar-refractivity contribution >= 4 is 45.0 Å². The molecule has 45 heavy (non-hydrogen) atoms. The standard InChI is InChI=1S/C36H28N6O3/c1-3-33(43)41-16-15-21-9-10-23(18-29(21)41)36-26-13-11-22(17-28(26)38-40-36)32-20-42(34(44)4-2)30-19-24(12-14-31(30)45-32)35-25-7-5-6-8-27(25)37-39-35/h3-14,17-19,32H,1-2,15-16,20H2,(H,37,39)(H,38,40). The second-order valence-electron chi connectivity index (χ2n) is 11.2. The zero-order chi connectivity index (χ0) is 30.7. The van der Waals surface area contributed by atoms with Crippen molar-refractivity contribution < 1.29 is 14.3 Å². The minimum Gasteiger partial charge on any atom is -0.482 e. The molecule has 6 aromatic rings.